The van der Waals surface area contributed by atoms with Crippen LogP contribution in [-0.4, -0.2) is 47.7 Å². The van der Waals surface area contributed by atoms with Gasteiger partial charge in [-0.25, -0.2) is 0 Å². The van der Waals surface area contributed by atoms with E-state index in [2.05, 4.69) is 12.1 Å². The largest absolute Gasteiger partial charge is 0.481 e. The third kappa shape index (κ3) is 4.15. The molecule has 24 heavy (non-hydrogen) atoms. The fourth-order valence-corrected chi connectivity index (χ4v) is 3.74. The molecule has 2 aliphatic rings. The lowest BCUT2D eigenvalue weighted by Crippen LogP contribution is -2.46. The smallest absolute Gasteiger partial charge is 0.306 e. The Bertz CT molecular complexity index is 578. The van der Waals surface area contributed by atoms with Crippen LogP contribution in [0.2, 0.25) is 0 Å². The predicted octanol–water partition coefficient (Wildman–Crippen LogP) is 3.05. The highest BCUT2D eigenvalue weighted by Gasteiger charge is 2.26. The molecule has 1 amide bonds. The summed E-state index contributed by atoms with van der Waals surface area (Å²) >= 11 is 0. The van der Waals surface area contributed by atoms with Gasteiger partial charge < -0.3 is 14.7 Å². The number of carbonyl (C=O) groups excluding carboxylic acids is 1. The minimum atomic E-state index is -0.897. The SMILES string of the molecule is O=C(O)CC1CN(C(=O)c2ccc(C3CCCCC3)cc2)CCO1. The maximum atomic E-state index is 12.6. The molecule has 1 saturated carbocycles. The Morgan fingerprint density at radius 3 is 2.50 bits per heavy atom. The van der Waals surface area contributed by atoms with Gasteiger partial charge in [0, 0.05) is 18.7 Å². The van der Waals surface area contributed by atoms with E-state index in [4.69, 9.17) is 9.84 Å². The summed E-state index contributed by atoms with van der Waals surface area (Å²) in [4.78, 5) is 25.2. The van der Waals surface area contributed by atoms with E-state index in [1.807, 2.05) is 12.1 Å². The lowest BCUT2D eigenvalue weighted by atomic mass is 9.84. The van der Waals surface area contributed by atoms with E-state index in [9.17, 15) is 9.59 Å². The van der Waals surface area contributed by atoms with E-state index in [1.54, 1.807) is 4.90 Å². The van der Waals surface area contributed by atoms with Gasteiger partial charge in [-0.1, -0.05) is 31.4 Å². The number of carboxylic acid groups (broad SMARTS) is 1. The molecule has 1 aliphatic heterocycles. The van der Waals surface area contributed by atoms with Crippen molar-refractivity contribution in [3.8, 4) is 0 Å². The van der Waals surface area contributed by atoms with E-state index in [1.165, 1.54) is 37.7 Å². The molecule has 1 atom stereocenters. The van der Waals surface area contributed by atoms with Crippen LogP contribution in [0.5, 0.6) is 0 Å². The van der Waals surface area contributed by atoms with Crippen LogP contribution < -0.4 is 0 Å². The van der Waals surface area contributed by atoms with Gasteiger partial charge in [0.25, 0.3) is 5.91 Å². The van der Waals surface area contributed by atoms with Crippen molar-refractivity contribution in [1.29, 1.82) is 0 Å². The maximum absolute atomic E-state index is 12.6. The quantitative estimate of drug-likeness (QED) is 0.921. The minimum absolute atomic E-state index is 0.0381. The van der Waals surface area contributed by atoms with Crippen LogP contribution in [-0.2, 0) is 9.53 Å². The number of rotatable bonds is 4. The van der Waals surface area contributed by atoms with Crippen LogP contribution >= 0.6 is 0 Å². The van der Waals surface area contributed by atoms with Gasteiger partial charge in [-0.2, -0.15) is 0 Å². The second-order valence-corrected chi connectivity index (χ2v) is 6.80. The van der Waals surface area contributed by atoms with Crippen molar-refractivity contribution in [2.45, 2.75) is 50.5 Å². The Labute approximate surface area is 142 Å². The second kappa shape index (κ2) is 7.79. The molecule has 1 aliphatic carbocycles. The van der Waals surface area contributed by atoms with Crippen molar-refractivity contribution >= 4 is 11.9 Å². The molecule has 2 fully saturated rings. The molecule has 5 nitrogen and oxygen atoms in total. The molecule has 0 spiro atoms. The Hall–Kier alpha value is -1.88. The third-order valence-corrected chi connectivity index (χ3v) is 5.06. The Balaban J connectivity index is 1.62. The first kappa shape index (κ1) is 17.0. The summed E-state index contributed by atoms with van der Waals surface area (Å²) in [5.41, 5.74) is 2.00. The van der Waals surface area contributed by atoms with Crippen molar-refractivity contribution in [2.24, 2.45) is 0 Å². The number of hydrogen-bond donors (Lipinski definition) is 1. The predicted molar refractivity (Wildman–Crippen MR) is 90.2 cm³/mol. The number of morpholine rings is 1. The number of nitrogens with zero attached hydrogens (tertiary/aromatic N) is 1. The fraction of sp³-hybridized carbons (Fsp3) is 0.579. The van der Waals surface area contributed by atoms with Gasteiger partial charge in [0.2, 0.25) is 0 Å². The normalized spacial score (nSPS) is 22.3. The van der Waals surface area contributed by atoms with Crippen molar-refractivity contribution in [2.75, 3.05) is 19.7 Å². The van der Waals surface area contributed by atoms with Gasteiger partial charge in [0.1, 0.15) is 0 Å². The van der Waals surface area contributed by atoms with Crippen molar-refractivity contribution in [1.82, 2.24) is 4.90 Å². The lowest BCUT2D eigenvalue weighted by molar-refractivity contribution is -0.141. The molecule has 1 saturated heterocycles. The molecule has 3 rings (SSSR count). The van der Waals surface area contributed by atoms with Crippen molar-refractivity contribution < 1.29 is 19.4 Å². The molecule has 1 aromatic rings. The Morgan fingerprint density at radius 2 is 1.83 bits per heavy atom. The fourth-order valence-electron chi connectivity index (χ4n) is 3.74. The zero-order chi connectivity index (χ0) is 16.9. The first-order chi connectivity index (χ1) is 11.6. The summed E-state index contributed by atoms with van der Waals surface area (Å²) in [7, 11) is 0. The Kier molecular flexibility index (Phi) is 5.51. The molecule has 1 N–H and O–H groups in total. The molecule has 1 unspecified atom stereocenters. The summed E-state index contributed by atoms with van der Waals surface area (Å²) < 4.78 is 5.43. The standard InChI is InChI=1S/C19H25NO4/c21-18(22)12-17-13-20(10-11-24-17)19(23)16-8-6-15(7-9-16)14-4-2-1-3-5-14/h6-9,14,17H,1-5,10-13H2,(H,21,22). The van der Waals surface area contributed by atoms with Crippen molar-refractivity contribution in [3.63, 3.8) is 0 Å². The number of aliphatic carboxylic acids is 1. The van der Waals surface area contributed by atoms with E-state index in [-0.39, 0.29) is 12.3 Å². The zero-order valence-electron chi connectivity index (χ0n) is 13.9. The average Bonchev–Trinajstić information content (AvgIpc) is 2.62. The third-order valence-electron chi connectivity index (χ3n) is 5.06. The minimum Gasteiger partial charge on any atom is -0.481 e. The van der Waals surface area contributed by atoms with Gasteiger partial charge in [-0.05, 0) is 36.5 Å². The zero-order valence-corrected chi connectivity index (χ0v) is 13.9. The number of amides is 1. The topological polar surface area (TPSA) is 66.8 Å². The van der Waals surface area contributed by atoms with E-state index >= 15 is 0 Å². The molecule has 1 aromatic carbocycles. The van der Waals surface area contributed by atoms with Gasteiger partial charge in [-0.15, -0.1) is 0 Å². The second-order valence-electron chi connectivity index (χ2n) is 6.80. The molecule has 1 heterocycles. The molecule has 130 valence electrons. The van der Waals surface area contributed by atoms with Crippen LogP contribution in [0.3, 0.4) is 0 Å². The monoisotopic (exact) mass is 331 g/mol. The molecule has 0 radical (unpaired) electrons. The number of hydrogen-bond acceptors (Lipinski definition) is 3. The van der Waals surface area contributed by atoms with Crippen molar-refractivity contribution in [3.05, 3.63) is 35.4 Å². The van der Waals surface area contributed by atoms with Crippen LogP contribution in [0.4, 0.5) is 0 Å². The summed E-state index contributed by atoms with van der Waals surface area (Å²) in [5, 5.41) is 8.88. The van der Waals surface area contributed by atoms with Crippen LogP contribution in [0.15, 0.2) is 24.3 Å². The summed E-state index contributed by atoms with van der Waals surface area (Å²) in [6.45, 7) is 1.25. The molecule has 0 bridgehead atoms. The number of ether oxygens (including phenoxy) is 1. The lowest BCUT2D eigenvalue weighted by Gasteiger charge is -2.32. The van der Waals surface area contributed by atoms with E-state index in [0.717, 1.165) is 0 Å². The highest BCUT2D eigenvalue weighted by Crippen LogP contribution is 2.32. The summed E-state index contributed by atoms with van der Waals surface area (Å²) in [6.07, 6.45) is 5.93. The van der Waals surface area contributed by atoms with Gasteiger partial charge in [-0.3, -0.25) is 9.59 Å². The highest BCUT2D eigenvalue weighted by atomic mass is 16.5. The van der Waals surface area contributed by atoms with Crippen LogP contribution in [0.1, 0.15) is 60.4 Å². The highest BCUT2D eigenvalue weighted by molar-refractivity contribution is 5.94. The first-order valence-electron chi connectivity index (χ1n) is 8.86. The number of benzene rings is 1. The molecule has 5 heteroatoms. The maximum Gasteiger partial charge on any atom is 0.306 e. The van der Waals surface area contributed by atoms with Gasteiger partial charge in [0.05, 0.1) is 19.1 Å². The number of carbonyl (C=O) groups is 2. The van der Waals surface area contributed by atoms with Gasteiger partial charge >= 0.3 is 5.97 Å². The summed E-state index contributed by atoms with van der Waals surface area (Å²) in [6, 6.07) is 7.98. The molecule has 0 aromatic heterocycles. The Morgan fingerprint density at radius 1 is 1.12 bits per heavy atom. The van der Waals surface area contributed by atoms with E-state index < -0.39 is 12.1 Å². The van der Waals surface area contributed by atoms with Crippen LogP contribution in [0, 0.1) is 0 Å². The van der Waals surface area contributed by atoms with Crippen LogP contribution in [0.25, 0.3) is 0 Å². The average molecular weight is 331 g/mol. The van der Waals surface area contributed by atoms with E-state index in [0.29, 0.717) is 31.2 Å². The number of carboxylic acids is 1. The summed E-state index contributed by atoms with van der Waals surface area (Å²) in [5.74, 6) is -0.304. The first-order valence-corrected chi connectivity index (χ1v) is 8.86. The van der Waals surface area contributed by atoms with Gasteiger partial charge in [0.15, 0.2) is 0 Å². The molecular weight excluding hydrogens is 306 g/mol. The molecular formula is C19H25NO4.